The van der Waals surface area contributed by atoms with Gasteiger partial charge in [0, 0.05) is 35.5 Å². The highest BCUT2D eigenvalue weighted by molar-refractivity contribution is 7.09. The molecule has 1 atom stereocenters. The van der Waals surface area contributed by atoms with Crippen molar-refractivity contribution in [3.05, 3.63) is 45.4 Å². The molecule has 0 aliphatic carbocycles. The average Bonchev–Trinajstić information content (AvgIpc) is 3.11. The molecule has 2 aromatic rings. The fourth-order valence-corrected chi connectivity index (χ4v) is 3.62. The van der Waals surface area contributed by atoms with E-state index in [-0.39, 0.29) is 6.04 Å². The van der Waals surface area contributed by atoms with Crippen LogP contribution in [0.1, 0.15) is 41.2 Å². The van der Waals surface area contributed by atoms with Crippen LogP contribution < -0.4 is 10.1 Å². The number of thiazole rings is 1. The highest BCUT2D eigenvalue weighted by Crippen LogP contribution is 2.35. The zero-order valence-corrected chi connectivity index (χ0v) is 13.5. The van der Waals surface area contributed by atoms with E-state index in [1.807, 2.05) is 0 Å². The predicted molar refractivity (Wildman–Crippen MR) is 87.2 cm³/mol. The van der Waals surface area contributed by atoms with E-state index >= 15 is 0 Å². The fourth-order valence-electron chi connectivity index (χ4n) is 2.80. The minimum atomic E-state index is 0.281. The minimum absolute atomic E-state index is 0.281. The zero-order chi connectivity index (χ0) is 14.7. The molecule has 21 heavy (non-hydrogen) atoms. The van der Waals surface area contributed by atoms with Gasteiger partial charge in [0.2, 0.25) is 0 Å². The van der Waals surface area contributed by atoms with Gasteiger partial charge in [-0.1, -0.05) is 25.1 Å². The van der Waals surface area contributed by atoms with E-state index < -0.39 is 0 Å². The molecule has 1 aliphatic heterocycles. The van der Waals surface area contributed by atoms with Crippen LogP contribution in [0.5, 0.6) is 5.75 Å². The quantitative estimate of drug-likeness (QED) is 0.884. The Morgan fingerprint density at radius 1 is 1.43 bits per heavy atom. The summed E-state index contributed by atoms with van der Waals surface area (Å²) >= 11 is 1.75. The summed E-state index contributed by atoms with van der Waals surface area (Å²) in [5.41, 5.74) is 3.73. The van der Waals surface area contributed by atoms with E-state index in [2.05, 4.69) is 47.7 Å². The highest BCUT2D eigenvalue weighted by Gasteiger charge is 2.22. The van der Waals surface area contributed by atoms with Crippen LogP contribution in [0, 0.1) is 6.92 Å². The molecule has 1 aromatic carbocycles. The van der Waals surface area contributed by atoms with Crippen molar-refractivity contribution in [1.82, 2.24) is 10.3 Å². The molecule has 1 unspecified atom stereocenters. The lowest BCUT2D eigenvalue weighted by molar-refractivity contribution is 0.348. The SMILES string of the molecule is CCCNC(Cc1nc(C)cs1)c1cccc2c1OCC2. The molecule has 0 saturated carbocycles. The Kier molecular flexibility index (Phi) is 4.56. The maximum absolute atomic E-state index is 5.88. The van der Waals surface area contributed by atoms with Crippen LogP contribution in [-0.4, -0.2) is 18.1 Å². The van der Waals surface area contributed by atoms with Crippen LogP contribution in [0.3, 0.4) is 0 Å². The summed E-state index contributed by atoms with van der Waals surface area (Å²) in [7, 11) is 0. The summed E-state index contributed by atoms with van der Waals surface area (Å²) in [6.07, 6.45) is 3.08. The van der Waals surface area contributed by atoms with E-state index in [9.17, 15) is 0 Å². The van der Waals surface area contributed by atoms with E-state index in [4.69, 9.17) is 4.74 Å². The number of hydrogen-bond acceptors (Lipinski definition) is 4. The molecule has 0 saturated heterocycles. The lowest BCUT2D eigenvalue weighted by atomic mass is 9.99. The number of para-hydroxylation sites is 1. The van der Waals surface area contributed by atoms with Gasteiger partial charge in [0.1, 0.15) is 5.75 Å². The number of nitrogens with zero attached hydrogens (tertiary/aromatic N) is 1. The molecule has 2 heterocycles. The van der Waals surface area contributed by atoms with Gasteiger partial charge in [-0.05, 0) is 25.5 Å². The highest BCUT2D eigenvalue weighted by atomic mass is 32.1. The van der Waals surface area contributed by atoms with Gasteiger partial charge in [0.05, 0.1) is 11.6 Å². The molecule has 112 valence electrons. The Morgan fingerprint density at radius 2 is 2.33 bits per heavy atom. The van der Waals surface area contributed by atoms with E-state index in [0.717, 1.165) is 43.9 Å². The lowest BCUT2D eigenvalue weighted by Crippen LogP contribution is -2.24. The molecular formula is C17H22N2OS. The summed E-state index contributed by atoms with van der Waals surface area (Å²) in [5.74, 6) is 1.10. The van der Waals surface area contributed by atoms with Gasteiger partial charge in [0.15, 0.2) is 0 Å². The number of ether oxygens (including phenoxy) is 1. The standard InChI is InChI=1S/C17H22N2OS/c1-3-8-18-15(10-16-19-12(2)11-21-16)14-6-4-5-13-7-9-20-17(13)14/h4-6,11,15,18H,3,7-10H2,1-2H3. The van der Waals surface area contributed by atoms with Crippen molar-refractivity contribution in [2.45, 2.75) is 39.2 Å². The number of rotatable bonds is 6. The minimum Gasteiger partial charge on any atom is -0.493 e. The Bertz CT molecular complexity index is 609. The topological polar surface area (TPSA) is 34.2 Å². The van der Waals surface area contributed by atoms with Crippen molar-refractivity contribution in [3.63, 3.8) is 0 Å². The Hall–Kier alpha value is -1.39. The third-order valence-electron chi connectivity index (χ3n) is 3.81. The molecule has 1 N–H and O–H groups in total. The molecule has 1 aliphatic rings. The van der Waals surface area contributed by atoms with Crippen molar-refractivity contribution >= 4 is 11.3 Å². The monoisotopic (exact) mass is 302 g/mol. The van der Waals surface area contributed by atoms with Crippen molar-refractivity contribution in [2.75, 3.05) is 13.2 Å². The van der Waals surface area contributed by atoms with Crippen LogP contribution in [0.2, 0.25) is 0 Å². The molecule has 0 radical (unpaired) electrons. The van der Waals surface area contributed by atoms with Gasteiger partial charge in [-0.3, -0.25) is 0 Å². The Labute approximate surface area is 130 Å². The summed E-state index contributed by atoms with van der Waals surface area (Å²) in [6, 6.07) is 6.80. The first kappa shape index (κ1) is 14.5. The van der Waals surface area contributed by atoms with Crippen LogP contribution in [0.15, 0.2) is 23.6 Å². The van der Waals surface area contributed by atoms with Gasteiger partial charge in [0.25, 0.3) is 0 Å². The molecule has 3 rings (SSSR count). The molecule has 0 amide bonds. The second kappa shape index (κ2) is 6.58. The van der Waals surface area contributed by atoms with E-state index in [1.165, 1.54) is 16.1 Å². The second-order valence-electron chi connectivity index (χ2n) is 5.53. The molecule has 3 nitrogen and oxygen atoms in total. The zero-order valence-electron chi connectivity index (χ0n) is 12.7. The smallest absolute Gasteiger partial charge is 0.127 e. The molecule has 1 aromatic heterocycles. The van der Waals surface area contributed by atoms with Crippen LogP contribution >= 0.6 is 11.3 Å². The first-order valence-corrected chi connectivity index (χ1v) is 8.55. The van der Waals surface area contributed by atoms with Crippen molar-refractivity contribution < 1.29 is 4.74 Å². The lowest BCUT2D eigenvalue weighted by Gasteiger charge is -2.20. The summed E-state index contributed by atoms with van der Waals surface area (Å²) in [6.45, 7) is 6.07. The van der Waals surface area contributed by atoms with Gasteiger partial charge in [-0.25, -0.2) is 4.98 Å². The van der Waals surface area contributed by atoms with Gasteiger partial charge in [-0.15, -0.1) is 11.3 Å². The fraction of sp³-hybridized carbons (Fsp3) is 0.471. The van der Waals surface area contributed by atoms with Crippen molar-refractivity contribution in [2.24, 2.45) is 0 Å². The number of hydrogen-bond donors (Lipinski definition) is 1. The third kappa shape index (κ3) is 3.27. The van der Waals surface area contributed by atoms with E-state index in [0.29, 0.717) is 0 Å². The van der Waals surface area contributed by atoms with Crippen molar-refractivity contribution in [1.29, 1.82) is 0 Å². The second-order valence-corrected chi connectivity index (χ2v) is 6.47. The first-order chi connectivity index (χ1) is 10.3. The number of aromatic nitrogens is 1. The number of benzene rings is 1. The third-order valence-corrected chi connectivity index (χ3v) is 4.80. The predicted octanol–water partition coefficient (Wildman–Crippen LogP) is 3.67. The van der Waals surface area contributed by atoms with Gasteiger partial charge >= 0.3 is 0 Å². The summed E-state index contributed by atoms with van der Waals surface area (Å²) < 4.78 is 5.88. The molecule has 4 heteroatoms. The van der Waals surface area contributed by atoms with Gasteiger partial charge < -0.3 is 10.1 Å². The maximum atomic E-state index is 5.88. The number of aryl methyl sites for hydroxylation is 1. The normalized spacial score (nSPS) is 14.8. The molecular weight excluding hydrogens is 280 g/mol. The first-order valence-electron chi connectivity index (χ1n) is 7.67. The number of nitrogens with one attached hydrogen (secondary N) is 1. The number of fused-ring (bicyclic) bond motifs is 1. The summed E-state index contributed by atoms with van der Waals surface area (Å²) in [5, 5.41) is 6.97. The van der Waals surface area contributed by atoms with E-state index in [1.54, 1.807) is 11.3 Å². The van der Waals surface area contributed by atoms with Crippen LogP contribution in [-0.2, 0) is 12.8 Å². The molecule has 0 bridgehead atoms. The Balaban J connectivity index is 1.86. The Morgan fingerprint density at radius 3 is 3.10 bits per heavy atom. The van der Waals surface area contributed by atoms with Gasteiger partial charge in [-0.2, -0.15) is 0 Å². The maximum Gasteiger partial charge on any atom is 0.127 e. The van der Waals surface area contributed by atoms with Crippen LogP contribution in [0.25, 0.3) is 0 Å². The molecule has 0 fully saturated rings. The summed E-state index contributed by atoms with van der Waals surface area (Å²) in [4.78, 5) is 4.62. The molecule has 0 spiro atoms. The average molecular weight is 302 g/mol. The largest absolute Gasteiger partial charge is 0.493 e. The van der Waals surface area contributed by atoms with Crippen LogP contribution in [0.4, 0.5) is 0 Å². The van der Waals surface area contributed by atoms with Crippen molar-refractivity contribution in [3.8, 4) is 5.75 Å².